The first-order valence-electron chi connectivity index (χ1n) is 15.6. The van der Waals surface area contributed by atoms with E-state index in [9.17, 15) is 18.0 Å². The molecule has 248 valence electrons. The number of anilines is 1. The van der Waals surface area contributed by atoms with Gasteiger partial charge in [-0.25, -0.2) is 14.5 Å². The third-order valence-electron chi connectivity index (χ3n) is 8.10. The molecule has 3 aromatic carbocycles. The number of hydrogen-bond acceptors (Lipinski definition) is 5. The smallest absolute Gasteiger partial charge is 0.406 e. The Morgan fingerprint density at radius 3 is 2.49 bits per heavy atom. The molecule has 1 aliphatic heterocycles. The van der Waals surface area contributed by atoms with Gasteiger partial charge >= 0.3 is 12.4 Å². The van der Waals surface area contributed by atoms with E-state index in [0.717, 1.165) is 40.6 Å². The number of hydrogen-bond donors (Lipinski definition) is 1. The largest absolute Gasteiger partial charge is 0.573 e. The molecule has 47 heavy (non-hydrogen) atoms. The van der Waals surface area contributed by atoms with Gasteiger partial charge in [-0.2, -0.15) is 4.99 Å². The Bertz CT molecular complexity index is 1700. The van der Waals surface area contributed by atoms with Crippen molar-refractivity contribution in [2.45, 2.75) is 71.7 Å². The Balaban J connectivity index is 1.17. The maximum atomic E-state index is 13.0. The number of aliphatic imine (C=N–C) groups is 1. The monoisotopic (exact) mass is 664 g/mol. The number of urea groups is 1. The average Bonchev–Trinajstić information content (AvgIpc) is 3.51. The lowest BCUT2D eigenvalue weighted by Crippen LogP contribution is -2.42. The lowest BCUT2D eigenvalue weighted by Gasteiger charge is -2.37. The SMILES string of the molecule is Cc1ccc(C(C)C)c(N2/C(=N/C(=O)NCCC(C)c3ccc(-c4ncn(-c5ccc(OC(F)(F)F)cc5)n4)cc3)SCCC2C)c1. The molecule has 1 aromatic heterocycles. The fourth-order valence-corrected chi connectivity index (χ4v) is 6.66. The van der Waals surface area contributed by atoms with Gasteiger partial charge in [0, 0.05) is 29.6 Å². The Morgan fingerprint density at radius 2 is 1.81 bits per heavy atom. The fraction of sp³-hybridized carbons (Fsp3) is 0.371. The van der Waals surface area contributed by atoms with Gasteiger partial charge < -0.3 is 15.0 Å². The molecule has 8 nitrogen and oxygen atoms in total. The summed E-state index contributed by atoms with van der Waals surface area (Å²) in [5.41, 5.74) is 6.01. The number of aromatic nitrogens is 3. The number of amides is 2. The van der Waals surface area contributed by atoms with Crippen LogP contribution in [0.15, 0.2) is 78.0 Å². The molecule has 12 heteroatoms. The number of aryl methyl sites for hydroxylation is 1. The summed E-state index contributed by atoms with van der Waals surface area (Å²) >= 11 is 1.62. The molecule has 1 saturated heterocycles. The number of thioether (sulfide) groups is 1. The Kier molecular flexibility index (Phi) is 10.6. The Hall–Kier alpha value is -4.32. The predicted octanol–water partition coefficient (Wildman–Crippen LogP) is 8.86. The number of nitrogens with zero attached hydrogens (tertiary/aromatic N) is 5. The maximum absolute atomic E-state index is 13.0. The van der Waals surface area contributed by atoms with Gasteiger partial charge in [0.25, 0.3) is 0 Å². The minimum absolute atomic E-state index is 0.182. The van der Waals surface area contributed by atoms with Gasteiger partial charge in [0.1, 0.15) is 12.1 Å². The zero-order valence-corrected chi connectivity index (χ0v) is 27.9. The second-order valence-electron chi connectivity index (χ2n) is 12.1. The van der Waals surface area contributed by atoms with Crippen molar-refractivity contribution >= 4 is 28.6 Å². The van der Waals surface area contributed by atoms with E-state index in [1.807, 2.05) is 24.3 Å². The normalized spacial score (nSPS) is 16.8. The highest BCUT2D eigenvalue weighted by Crippen LogP contribution is 2.35. The molecule has 1 aliphatic rings. The maximum Gasteiger partial charge on any atom is 0.573 e. The van der Waals surface area contributed by atoms with Crippen molar-refractivity contribution in [2.24, 2.45) is 4.99 Å². The van der Waals surface area contributed by atoms with Crippen molar-refractivity contribution in [3.05, 3.63) is 89.7 Å². The van der Waals surface area contributed by atoms with E-state index in [1.165, 1.54) is 46.4 Å². The minimum Gasteiger partial charge on any atom is -0.406 e. The van der Waals surface area contributed by atoms with Crippen LogP contribution in [0.5, 0.6) is 5.75 Å². The second-order valence-corrected chi connectivity index (χ2v) is 13.1. The van der Waals surface area contributed by atoms with Crippen LogP contribution >= 0.6 is 11.8 Å². The third-order valence-corrected chi connectivity index (χ3v) is 9.08. The summed E-state index contributed by atoms with van der Waals surface area (Å²) in [5, 5.41) is 8.19. The molecule has 2 amide bonds. The number of amidine groups is 1. The first kappa shape index (κ1) is 34.0. The highest BCUT2D eigenvalue weighted by molar-refractivity contribution is 8.14. The number of carbonyl (C=O) groups excluding carboxylic acids is 1. The lowest BCUT2D eigenvalue weighted by atomic mass is 9.96. The summed E-state index contributed by atoms with van der Waals surface area (Å²) < 4.78 is 42.7. The molecule has 0 spiro atoms. The minimum atomic E-state index is -4.75. The van der Waals surface area contributed by atoms with Crippen LogP contribution in [0, 0.1) is 6.92 Å². The van der Waals surface area contributed by atoms with Crippen molar-refractivity contribution in [1.29, 1.82) is 0 Å². The molecule has 1 fully saturated rings. The van der Waals surface area contributed by atoms with Crippen molar-refractivity contribution in [1.82, 2.24) is 20.1 Å². The summed E-state index contributed by atoms with van der Waals surface area (Å²) in [6.45, 7) is 11.2. The van der Waals surface area contributed by atoms with Gasteiger partial charge in [0.05, 0.1) is 5.69 Å². The third kappa shape index (κ3) is 8.73. The van der Waals surface area contributed by atoms with Crippen LogP contribution in [0.25, 0.3) is 17.1 Å². The molecule has 4 aromatic rings. The number of nitrogens with one attached hydrogen (secondary N) is 1. The second kappa shape index (κ2) is 14.6. The van der Waals surface area contributed by atoms with Crippen molar-refractivity contribution in [2.75, 3.05) is 17.2 Å². The van der Waals surface area contributed by atoms with Gasteiger partial charge in [-0.15, -0.1) is 18.3 Å². The number of benzene rings is 3. The molecule has 0 radical (unpaired) electrons. The van der Waals surface area contributed by atoms with E-state index in [2.05, 4.69) is 82.8 Å². The standard InChI is InChI=1S/C35H39F3N6O2S/c1-22(2)30-15-6-23(3)20-31(30)44-25(5)17-19-47-34(44)41-33(45)39-18-16-24(4)26-7-9-27(10-8-26)32-40-21-43(42-32)28-11-13-29(14-12-28)46-35(36,37)38/h6-15,20-22,24-25H,16-19H2,1-5H3,(H,39,45)/b41-34-. The highest BCUT2D eigenvalue weighted by Gasteiger charge is 2.31. The van der Waals surface area contributed by atoms with Crippen molar-refractivity contribution in [3.63, 3.8) is 0 Å². The summed E-state index contributed by atoms with van der Waals surface area (Å²) in [6, 6.07) is 19.7. The molecule has 1 N–H and O–H groups in total. The molecular formula is C35H39F3N6O2S. The molecule has 0 aliphatic carbocycles. The van der Waals surface area contributed by atoms with Gasteiger partial charge in [-0.1, -0.05) is 68.9 Å². The number of ether oxygens (including phenoxy) is 1. The average molecular weight is 665 g/mol. The number of alkyl halides is 3. The first-order valence-corrected chi connectivity index (χ1v) is 16.6. The first-order chi connectivity index (χ1) is 22.4. The fourth-order valence-electron chi connectivity index (χ4n) is 5.45. The number of halogens is 3. The van der Waals surface area contributed by atoms with Crippen LogP contribution in [0.3, 0.4) is 0 Å². The summed E-state index contributed by atoms with van der Waals surface area (Å²) in [6.07, 6.45) is -1.49. The molecule has 0 saturated carbocycles. The molecule has 2 unspecified atom stereocenters. The van der Waals surface area contributed by atoms with Gasteiger partial charge in [0.15, 0.2) is 11.0 Å². The Labute approximate surface area is 277 Å². The molecule has 5 rings (SSSR count). The van der Waals surface area contributed by atoms with Crippen LogP contribution in [0.4, 0.5) is 23.7 Å². The van der Waals surface area contributed by atoms with E-state index in [0.29, 0.717) is 24.0 Å². The van der Waals surface area contributed by atoms with Gasteiger partial charge in [0.2, 0.25) is 0 Å². The summed E-state index contributed by atoms with van der Waals surface area (Å²) in [7, 11) is 0. The number of rotatable bonds is 9. The zero-order valence-electron chi connectivity index (χ0n) is 27.1. The predicted molar refractivity (Wildman–Crippen MR) is 182 cm³/mol. The lowest BCUT2D eigenvalue weighted by molar-refractivity contribution is -0.274. The van der Waals surface area contributed by atoms with Crippen LogP contribution < -0.4 is 15.0 Å². The molecule has 2 heterocycles. The van der Waals surface area contributed by atoms with E-state index in [-0.39, 0.29) is 23.7 Å². The van der Waals surface area contributed by atoms with Crippen LogP contribution in [0.2, 0.25) is 0 Å². The van der Waals surface area contributed by atoms with Gasteiger partial charge in [-0.05, 0) is 85.5 Å². The van der Waals surface area contributed by atoms with E-state index in [4.69, 9.17) is 0 Å². The number of carbonyl (C=O) groups is 1. The topological polar surface area (TPSA) is 84.6 Å². The quantitative estimate of drug-likeness (QED) is 0.193. The Morgan fingerprint density at radius 1 is 1.09 bits per heavy atom. The van der Waals surface area contributed by atoms with E-state index in [1.54, 1.807) is 11.8 Å². The zero-order chi connectivity index (χ0) is 33.7. The van der Waals surface area contributed by atoms with Crippen molar-refractivity contribution < 1.29 is 22.7 Å². The van der Waals surface area contributed by atoms with Crippen LogP contribution in [-0.4, -0.2) is 50.7 Å². The molecule has 0 bridgehead atoms. The van der Waals surface area contributed by atoms with E-state index < -0.39 is 6.36 Å². The van der Waals surface area contributed by atoms with Crippen LogP contribution in [0.1, 0.15) is 69.1 Å². The van der Waals surface area contributed by atoms with Gasteiger partial charge in [-0.3, -0.25) is 0 Å². The van der Waals surface area contributed by atoms with Crippen LogP contribution in [-0.2, 0) is 0 Å². The molecule has 2 atom stereocenters. The van der Waals surface area contributed by atoms with Crippen molar-refractivity contribution in [3.8, 4) is 22.8 Å². The summed E-state index contributed by atoms with van der Waals surface area (Å²) in [5.74, 6) is 1.63. The summed E-state index contributed by atoms with van der Waals surface area (Å²) in [4.78, 5) is 24.1. The van der Waals surface area contributed by atoms with E-state index >= 15 is 0 Å². The highest BCUT2D eigenvalue weighted by atomic mass is 32.2. The molecular weight excluding hydrogens is 625 g/mol.